The Morgan fingerprint density at radius 1 is 0.353 bits per heavy atom. The van der Waals surface area contributed by atoms with Crippen LogP contribution in [0.15, 0.2) is 182 Å². The number of nitrogens with zero attached hydrogens (tertiary/aromatic N) is 6. The lowest BCUT2D eigenvalue weighted by atomic mass is 10.1. The smallest absolute Gasteiger partial charge is 0.322 e. The predicted octanol–water partition coefficient (Wildman–Crippen LogP) is 11.7. The molecule has 0 aliphatic rings. The number of carbonyl (C=O) groups excluding carboxylic acids is 2. The van der Waals surface area contributed by atoms with Crippen molar-refractivity contribution in [1.29, 1.82) is 0 Å². The fourth-order valence-electron chi connectivity index (χ4n) is 8.50. The summed E-state index contributed by atoms with van der Waals surface area (Å²) >= 11 is 0. The SMILES string of the molecule is O=C(Nc1cccc2ccccc12)N(Cc1nc2ccccc2[nH]1)Cc1nc2ccccc2[nH]1.O=C(Nc1cccc2ccccc12)N(Cc1nc2ccccc2[nH]1)Cc1nc2ccccc2[nH]1. The summed E-state index contributed by atoms with van der Waals surface area (Å²) in [4.78, 5) is 62.4. The number of nitrogens with one attached hydrogen (secondary N) is 6. The monoisotopic (exact) mass is 892 g/mol. The zero-order valence-electron chi connectivity index (χ0n) is 36.6. The minimum absolute atomic E-state index is 0.225. The summed E-state index contributed by atoms with van der Waals surface area (Å²) in [5.41, 5.74) is 8.78. The number of hydrogen-bond donors (Lipinski definition) is 6. The van der Waals surface area contributed by atoms with Crippen LogP contribution in [0.2, 0.25) is 0 Å². The molecule has 14 nitrogen and oxygen atoms in total. The molecule has 332 valence electrons. The van der Waals surface area contributed by atoms with Gasteiger partial charge in [0.15, 0.2) is 0 Å². The van der Waals surface area contributed by atoms with Crippen LogP contribution in [-0.4, -0.2) is 61.7 Å². The topological polar surface area (TPSA) is 179 Å². The van der Waals surface area contributed by atoms with E-state index < -0.39 is 0 Å². The number of amides is 4. The first-order valence-electron chi connectivity index (χ1n) is 22.3. The van der Waals surface area contributed by atoms with E-state index >= 15 is 0 Å². The van der Waals surface area contributed by atoms with Gasteiger partial charge in [0.2, 0.25) is 0 Å². The van der Waals surface area contributed by atoms with Crippen LogP contribution in [0.5, 0.6) is 0 Å². The van der Waals surface area contributed by atoms with E-state index in [-0.39, 0.29) is 12.1 Å². The fourth-order valence-corrected chi connectivity index (χ4v) is 8.50. The van der Waals surface area contributed by atoms with Gasteiger partial charge in [-0.05, 0) is 71.4 Å². The van der Waals surface area contributed by atoms with Gasteiger partial charge < -0.3 is 40.4 Å². The summed E-state index contributed by atoms with van der Waals surface area (Å²) in [5.74, 6) is 2.85. The number of anilines is 2. The highest BCUT2D eigenvalue weighted by Crippen LogP contribution is 2.26. The molecule has 68 heavy (non-hydrogen) atoms. The number of aromatic nitrogens is 8. The number of urea groups is 2. The van der Waals surface area contributed by atoms with Crippen LogP contribution in [-0.2, 0) is 26.2 Å². The van der Waals surface area contributed by atoms with Crippen molar-refractivity contribution >= 4 is 89.1 Å². The first kappa shape index (κ1) is 41.4. The number of aromatic amines is 4. The largest absolute Gasteiger partial charge is 0.340 e. The zero-order valence-corrected chi connectivity index (χ0v) is 36.6. The molecule has 0 bridgehead atoms. The Balaban J connectivity index is 0.000000149. The van der Waals surface area contributed by atoms with E-state index in [0.717, 1.165) is 77.1 Å². The molecule has 14 heteroatoms. The second-order valence-electron chi connectivity index (χ2n) is 16.4. The summed E-state index contributed by atoms with van der Waals surface area (Å²) in [6.07, 6.45) is 0. The van der Waals surface area contributed by atoms with Crippen molar-refractivity contribution in [2.75, 3.05) is 10.6 Å². The van der Waals surface area contributed by atoms with E-state index in [0.29, 0.717) is 49.5 Å². The molecule has 0 saturated carbocycles. The number of imidazole rings is 4. The van der Waals surface area contributed by atoms with E-state index in [4.69, 9.17) is 0 Å². The molecule has 8 aromatic carbocycles. The summed E-state index contributed by atoms with van der Waals surface area (Å²) in [7, 11) is 0. The summed E-state index contributed by atoms with van der Waals surface area (Å²) in [5, 5.41) is 10.3. The average molecular weight is 893 g/mol. The maximum atomic E-state index is 13.5. The molecule has 0 aliphatic heterocycles. The van der Waals surface area contributed by atoms with Gasteiger partial charge in [-0.3, -0.25) is 0 Å². The van der Waals surface area contributed by atoms with Gasteiger partial charge in [0, 0.05) is 10.8 Å². The van der Waals surface area contributed by atoms with Crippen LogP contribution in [0, 0.1) is 0 Å². The molecule has 0 radical (unpaired) electrons. The molecule has 4 amide bonds. The first-order valence-corrected chi connectivity index (χ1v) is 22.3. The Morgan fingerprint density at radius 3 is 0.956 bits per heavy atom. The quantitative estimate of drug-likeness (QED) is 0.0795. The van der Waals surface area contributed by atoms with Crippen molar-refractivity contribution in [3.63, 3.8) is 0 Å². The summed E-state index contributed by atoms with van der Waals surface area (Å²) < 4.78 is 0. The lowest BCUT2D eigenvalue weighted by Gasteiger charge is -2.22. The van der Waals surface area contributed by atoms with Crippen molar-refractivity contribution in [2.24, 2.45) is 0 Å². The number of rotatable bonds is 10. The Labute approximate surface area is 389 Å². The second-order valence-corrected chi connectivity index (χ2v) is 16.4. The van der Waals surface area contributed by atoms with Gasteiger partial charge in [0.25, 0.3) is 0 Å². The number of fused-ring (bicyclic) bond motifs is 6. The van der Waals surface area contributed by atoms with Gasteiger partial charge in [0.05, 0.1) is 81.7 Å². The van der Waals surface area contributed by atoms with E-state index in [1.807, 2.05) is 182 Å². The molecular weight excluding hydrogens is 849 g/mol. The van der Waals surface area contributed by atoms with E-state index in [9.17, 15) is 9.59 Å². The lowest BCUT2D eigenvalue weighted by molar-refractivity contribution is 0.203. The second kappa shape index (κ2) is 18.3. The van der Waals surface area contributed by atoms with Gasteiger partial charge in [-0.1, -0.05) is 121 Å². The maximum absolute atomic E-state index is 13.5. The van der Waals surface area contributed by atoms with E-state index in [1.54, 1.807) is 9.80 Å². The van der Waals surface area contributed by atoms with Crippen molar-refractivity contribution in [3.8, 4) is 0 Å². The van der Waals surface area contributed by atoms with Crippen LogP contribution in [0.1, 0.15) is 23.3 Å². The van der Waals surface area contributed by atoms with Crippen molar-refractivity contribution < 1.29 is 9.59 Å². The van der Waals surface area contributed by atoms with Crippen molar-refractivity contribution in [2.45, 2.75) is 26.2 Å². The average Bonchev–Trinajstić information content (AvgIpc) is 4.18. The highest BCUT2D eigenvalue weighted by atomic mass is 16.2. The predicted molar refractivity (Wildman–Crippen MR) is 269 cm³/mol. The summed E-state index contributed by atoms with van der Waals surface area (Å²) in [6.45, 7) is 1.23. The minimum Gasteiger partial charge on any atom is -0.340 e. The lowest BCUT2D eigenvalue weighted by Crippen LogP contribution is -2.34. The zero-order chi connectivity index (χ0) is 45.8. The molecular formula is C54H44N12O2. The van der Waals surface area contributed by atoms with Crippen molar-refractivity contribution in [3.05, 3.63) is 205 Å². The maximum Gasteiger partial charge on any atom is 0.322 e. The first-order chi connectivity index (χ1) is 33.5. The van der Waals surface area contributed by atoms with Crippen LogP contribution < -0.4 is 10.6 Å². The Morgan fingerprint density at radius 2 is 0.632 bits per heavy atom. The molecule has 0 fully saturated rings. The van der Waals surface area contributed by atoms with Gasteiger partial charge in [-0.25, -0.2) is 29.5 Å². The standard InChI is InChI=1S/2C27H22N6O/c2*34-27(32-20-15-7-9-18-8-1-2-10-19(18)20)33(16-25-28-21-11-3-4-12-22(21)29-25)17-26-30-23-13-5-6-14-24(23)31-26/h2*1-15H,16-17H2,(H,28,29)(H,30,31)(H,32,34). The third-order valence-corrected chi connectivity index (χ3v) is 11.8. The molecule has 12 rings (SSSR count). The van der Waals surface area contributed by atoms with Crippen LogP contribution >= 0.6 is 0 Å². The summed E-state index contributed by atoms with van der Waals surface area (Å²) in [6, 6.07) is 58.7. The fraction of sp³-hybridized carbons (Fsp3) is 0.0741. The number of benzene rings is 8. The van der Waals surface area contributed by atoms with E-state index in [2.05, 4.69) is 50.5 Å². The highest BCUT2D eigenvalue weighted by Gasteiger charge is 2.21. The van der Waals surface area contributed by atoms with Crippen LogP contribution in [0.25, 0.3) is 65.7 Å². The Hall–Kier alpha value is -9.30. The van der Waals surface area contributed by atoms with Gasteiger partial charge in [0.1, 0.15) is 23.3 Å². The normalized spacial score (nSPS) is 11.3. The highest BCUT2D eigenvalue weighted by molar-refractivity contribution is 6.02. The molecule has 4 heterocycles. The molecule has 0 saturated heterocycles. The number of H-pyrrole nitrogens is 4. The Kier molecular flexibility index (Phi) is 11.1. The van der Waals surface area contributed by atoms with Crippen molar-refractivity contribution in [1.82, 2.24) is 49.7 Å². The van der Waals surface area contributed by atoms with Crippen LogP contribution in [0.3, 0.4) is 0 Å². The number of carbonyl (C=O) groups is 2. The Bertz CT molecular complexity index is 3220. The molecule has 0 unspecified atom stereocenters. The third-order valence-electron chi connectivity index (χ3n) is 11.8. The minimum atomic E-state index is -0.225. The molecule has 12 aromatic rings. The van der Waals surface area contributed by atoms with Gasteiger partial charge >= 0.3 is 12.1 Å². The number of hydrogen-bond acceptors (Lipinski definition) is 6. The number of para-hydroxylation sites is 8. The van der Waals surface area contributed by atoms with Crippen LogP contribution in [0.4, 0.5) is 21.0 Å². The third kappa shape index (κ3) is 8.89. The molecule has 0 atom stereocenters. The molecule has 0 spiro atoms. The molecule has 0 aliphatic carbocycles. The molecule has 6 N–H and O–H groups in total. The molecule has 4 aromatic heterocycles. The van der Waals surface area contributed by atoms with E-state index in [1.165, 1.54) is 0 Å². The van der Waals surface area contributed by atoms with Gasteiger partial charge in [-0.15, -0.1) is 0 Å². The van der Waals surface area contributed by atoms with Gasteiger partial charge in [-0.2, -0.15) is 0 Å².